The van der Waals surface area contributed by atoms with Gasteiger partial charge in [-0.05, 0) is 34.1 Å². The Morgan fingerprint density at radius 1 is 1.18 bits per heavy atom. The molecule has 1 rings (SSSR count). The first-order chi connectivity index (χ1) is 10.2. The van der Waals surface area contributed by atoms with Crippen LogP contribution in [0.3, 0.4) is 0 Å². The van der Waals surface area contributed by atoms with E-state index in [9.17, 15) is 4.79 Å². The number of halogens is 1. The molecular weight excluding hydrogens is 298 g/mol. The number of benzene rings is 1. The van der Waals surface area contributed by atoms with E-state index in [-0.39, 0.29) is 5.97 Å². The number of hydrogen-bond acceptors (Lipinski definition) is 3. The van der Waals surface area contributed by atoms with Crippen LogP contribution in [0.25, 0.3) is 0 Å². The van der Waals surface area contributed by atoms with Crippen molar-refractivity contribution in [2.75, 3.05) is 0 Å². The van der Waals surface area contributed by atoms with E-state index in [1.807, 2.05) is 51.1 Å². The topological polar surface area (TPSA) is 38.7 Å². The van der Waals surface area contributed by atoms with Crippen LogP contribution in [0.5, 0.6) is 0 Å². The number of ether oxygens (including phenoxy) is 1. The number of carbonyl (C=O) groups excluding carboxylic acids is 1. The van der Waals surface area contributed by atoms with Crippen LogP contribution in [-0.2, 0) is 9.53 Å². The minimum Gasteiger partial charge on any atom is -0.458 e. The first kappa shape index (κ1) is 18.7. The van der Waals surface area contributed by atoms with Crippen LogP contribution in [0.2, 0.25) is 0 Å². The molecule has 0 radical (unpaired) electrons. The third-order valence-electron chi connectivity index (χ3n) is 3.21. The summed E-state index contributed by atoms with van der Waals surface area (Å²) in [5.74, 6) is -0.331. The molecule has 0 aliphatic carbocycles. The molecule has 0 spiro atoms. The highest BCUT2D eigenvalue weighted by Crippen LogP contribution is 2.25. The van der Waals surface area contributed by atoms with Gasteiger partial charge in [0, 0.05) is 5.56 Å². The minimum atomic E-state index is -0.962. The highest BCUT2D eigenvalue weighted by atomic mass is 35.5. The maximum Gasteiger partial charge on any atom is 0.334 e. The number of carbonyl (C=O) groups is 1. The number of unbranched alkanes of at least 4 members (excludes halogenated alkanes) is 1. The number of hydrogen-bond donors (Lipinski definition) is 0. The molecule has 3 nitrogen and oxygen atoms in total. The molecular formula is C18H26ClNO2. The van der Waals surface area contributed by atoms with E-state index in [1.165, 1.54) is 0 Å². The Balaban J connectivity index is 3.08. The third-order valence-corrected chi connectivity index (χ3v) is 3.52. The van der Waals surface area contributed by atoms with E-state index in [2.05, 4.69) is 11.9 Å². The molecule has 1 aromatic carbocycles. The first-order valence-corrected chi connectivity index (χ1v) is 8.10. The number of rotatable bonds is 6. The molecule has 1 aromatic rings. The van der Waals surface area contributed by atoms with Crippen LogP contribution in [-0.4, -0.2) is 22.3 Å². The van der Waals surface area contributed by atoms with E-state index < -0.39 is 11.1 Å². The third kappa shape index (κ3) is 5.80. The lowest BCUT2D eigenvalue weighted by atomic mass is 9.95. The second kappa shape index (κ2) is 7.77. The van der Waals surface area contributed by atoms with Gasteiger partial charge in [0.15, 0.2) is 5.54 Å². The van der Waals surface area contributed by atoms with E-state index >= 15 is 0 Å². The Labute approximate surface area is 138 Å². The van der Waals surface area contributed by atoms with Gasteiger partial charge >= 0.3 is 5.97 Å². The first-order valence-electron chi connectivity index (χ1n) is 7.72. The SMILES string of the molecule is CCCC[C@@](C)(N=C(Cl)c1ccccc1)C(=O)OC(C)(C)C. The molecule has 0 fully saturated rings. The highest BCUT2D eigenvalue weighted by molar-refractivity contribution is 6.69. The molecule has 22 heavy (non-hydrogen) atoms. The predicted molar refractivity (Wildman–Crippen MR) is 92.6 cm³/mol. The molecule has 0 unspecified atom stereocenters. The molecule has 0 bridgehead atoms. The maximum atomic E-state index is 12.6. The molecule has 0 aliphatic rings. The van der Waals surface area contributed by atoms with Gasteiger partial charge in [0.2, 0.25) is 0 Å². The van der Waals surface area contributed by atoms with Crippen LogP contribution in [0, 0.1) is 0 Å². The van der Waals surface area contributed by atoms with Gasteiger partial charge in [-0.15, -0.1) is 0 Å². The molecule has 122 valence electrons. The summed E-state index contributed by atoms with van der Waals surface area (Å²) in [6.45, 7) is 9.44. The summed E-state index contributed by atoms with van der Waals surface area (Å²) >= 11 is 6.33. The van der Waals surface area contributed by atoms with Gasteiger partial charge in [-0.25, -0.2) is 4.79 Å². The van der Waals surface area contributed by atoms with E-state index in [4.69, 9.17) is 16.3 Å². The molecule has 0 amide bonds. The van der Waals surface area contributed by atoms with E-state index in [0.717, 1.165) is 18.4 Å². The fourth-order valence-electron chi connectivity index (χ4n) is 1.97. The van der Waals surface area contributed by atoms with Crippen LogP contribution in [0.15, 0.2) is 35.3 Å². The zero-order chi connectivity index (χ0) is 16.8. The largest absolute Gasteiger partial charge is 0.458 e. The number of esters is 1. The van der Waals surface area contributed by atoms with Gasteiger partial charge in [-0.2, -0.15) is 0 Å². The molecule has 1 atom stereocenters. The van der Waals surface area contributed by atoms with Crippen molar-refractivity contribution in [2.24, 2.45) is 4.99 Å². The van der Waals surface area contributed by atoms with Crippen molar-refractivity contribution in [1.29, 1.82) is 0 Å². The van der Waals surface area contributed by atoms with Crippen LogP contribution in [0.4, 0.5) is 0 Å². The Bertz CT molecular complexity index is 520. The maximum absolute atomic E-state index is 12.6. The lowest BCUT2D eigenvalue weighted by Crippen LogP contribution is -2.40. The normalized spacial score (nSPS) is 15.3. The number of nitrogens with zero attached hydrogens (tertiary/aromatic N) is 1. The van der Waals surface area contributed by atoms with Crippen molar-refractivity contribution in [3.05, 3.63) is 35.9 Å². The summed E-state index contributed by atoms with van der Waals surface area (Å²) in [6.07, 6.45) is 2.48. The van der Waals surface area contributed by atoms with Crippen LogP contribution >= 0.6 is 11.6 Å². The molecule has 4 heteroatoms. The highest BCUT2D eigenvalue weighted by Gasteiger charge is 2.36. The Kier molecular flexibility index (Phi) is 6.61. The molecule has 0 aliphatic heterocycles. The fourth-order valence-corrected chi connectivity index (χ4v) is 2.28. The van der Waals surface area contributed by atoms with E-state index in [0.29, 0.717) is 11.6 Å². The number of aliphatic imine (C=N–C) groups is 1. The summed E-state index contributed by atoms with van der Waals surface area (Å²) in [6, 6.07) is 9.45. The van der Waals surface area contributed by atoms with Gasteiger partial charge < -0.3 is 4.74 Å². The van der Waals surface area contributed by atoms with Gasteiger partial charge in [-0.3, -0.25) is 4.99 Å². The minimum absolute atomic E-state index is 0.331. The van der Waals surface area contributed by atoms with Crippen molar-refractivity contribution in [2.45, 2.75) is 65.0 Å². The van der Waals surface area contributed by atoms with Crippen molar-refractivity contribution in [1.82, 2.24) is 0 Å². The lowest BCUT2D eigenvalue weighted by Gasteiger charge is -2.29. The summed E-state index contributed by atoms with van der Waals surface area (Å²) in [7, 11) is 0. The summed E-state index contributed by atoms with van der Waals surface area (Å²) in [4.78, 5) is 17.1. The van der Waals surface area contributed by atoms with Crippen LogP contribution in [0.1, 0.15) is 59.4 Å². The van der Waals surface area contributed by atoms with E-state index in [1.54, 1.807) is 6.92 Å². The monoisotopic (exact) mass is 323 g/mol. The Morgan fingerprint density at radius 2 is 1.77 bits per heavy atom. The van der Waals surface area contributed by atoms with Gasteiger partial charge in [0.05, 0.1) is 0 Å². The Morgan fingerprint density at radius 3 is 2.27 bits per heavy atom. The summed E-state index contributed by atoms with van der Waals surface area (Å²) < 4.78 is 5.53. The van der Waals surface area contributed by atoms with Crippen molar-refractivity contribution in [3.8, 4) is 0 Å². The van der Waals surface area contributed by atoms with Gasteiger partial charge in [0.25, 0.3) is 0 Å². The summed E-state index contributed by atoms with van der Waals surface area (Å²) in [5.41, 5.74) is -0.703. The molecule has 0 aromatic heterocycles. The lowest BCUT2D eigenvalue weighted by molar-refractivity contribution is -0.161. The van der Waals surface area contributed by atoms with Gasteiger partial charge in [-0.1, -0.05) is 61.7 Å². The summed E-state index contributed by atoms with van der Waals surface area (Å²) in [5, 5.41) is 0.338. The fraction of sp³-hybridized carbons (Fsp3) is 0.556. The molecule has 0 heterocycles. The van der Waals surface area contributed by atoms with Crippen LogP contribution < -0.4 is 0 Å². The molecule has 0 N–H and O–H groups in total. The Hall–Kier alpha value is -1.35. The predicted octanol–water partition coefficient (Wildman–Crippen LogP) is 4.96. The average molecular weight is 324 g/mol. The molecule has 0 saturated carbocycles. The van der Waals surface area contributed by atoms with Gasteiger partial charge in [0.1, 0.15) is 10.8 Å². The molecule has 0 saturated heterocycles. The second-order valence-corrected chi connectivity index (χ2v) is 7.01. The second-order valence-electron chi connectivity index (χ2n) is 6.65. The zero-order valence-electron chi connectivity index (χ0n) is 14.1. The zero-order valence-corrected chi connectivity index (χ0v) is 14.9. The average Bonchev–Trinajstić information content (AvgIpc) is 2.44. The quantitative estimate of drug-likeness (QED) is 0.548. The van der Waals surface area contributed by atoms with Crippen molar-refractivity contribution < 1.29 is 9.53 Å². The van der Waals surface area contributed by atoms with Crippen molar-refractivity contribution >= 4 is 22.7 Å². The van der Waals surface area contributed by atoms with Crippen molar-refractivity contribution in [3.63, 3.8) is 0 Å². The smallest absolute Gasteiger partial charge is 0.334 e. The standard InChI is InChI=1S/C18H26ClNO2/c1-6-7-13-18(5,16(21)22-17(2,3)4)20-15(19)14-11-9-8-10-12-14/h8-12H,6-7,13H2,1-5H3/t18-/m1/s1.